The summed E-state index contributed by atoms with van der Waals surface area (Å²) in [4.78, 5) is 11.9. The van der Waals surface area contributed by atoms with Crippen LogP contribution < -0.4 is 10.0 Å². The molecule has 2 rings (SSSR count). The van der Waals surface area contributed by atoms with Gasteiger partial charge in [0.1, 0.15) is 0 Å². The van der Waals surface area contributed by atoms with Gasteiger partial charge in [0.05, 0.1) is 11.4 Å². The number of aryl methyl sites for hydroxylation is 2. The molecule has 1 heterocycles. The topological polar surface area (TPSA) is 93.1 Å². The maximum Gasteiger partial charge on any atom is 0.244 e. The summed E-state index contributed by atoms with van der Waals surface area (Å²) in [5.41, 5.74) is 3.56. The van der Waals surface area contributed by atoms with E-state index in [1.54, 1.807) is 10.8 Å². The minimum atomic E-state index is -3.45. The Kier molecular flexibility index (Phi) is 6.70. The Morgan fingerprint density at radius 1 is 1.23 bits per heavy atom. The van der Waals surface area contributed by atoms with Crippen molar-refractivity contribution < 1.29 is 13.2 Å². The molecule has 0 unspecified atom stereocenters. The van der Waals surface area contributed by atoms with Gasteiger partial charge in [0.15, 0.2) is 0 Å². The van der Waals surface area contributed by atoms with Gasteiger partial charge >= 0.3 is 0 Å². The second-order valence-corrected chi connectivity index (χ2v) is 7.88. The Hall–Kier alpha value is -2.45. The average Bonchev–Trinajstić information content (AvgIpc) is 2.84. The van der Waals surface area contributed by atoms with Crippen LogP contribution in [0.25, 0.3) is 6.08 Å². The van der Waals surface area contributed by atoms with Crippen LogP contribution in [0.4, 0.5) is 0 Å². The minimum Gasteiger partial charge on any atom is -0.351 e. The van der Waals surface area contributed by atoms with E-state index in [0.717, 1.165) is 22.5 Å². The van der Waals surface area contributed by atoms with Crippen molar-refractivity contribution in [2.75, 3.05) is 12.3 Å². The van der Waals surface area contributed by atoms with E-state index in [1.807, 2.05) is 51.2 Å². The summed E-state index contributed by atoms with van der Waals surface area (Å²) in [6.07, 6.45) is 3.08. The lowest BCUT2D eigenvalue weighted by Gasteiger charge is -2.07. The van der Waals surface area contributed by atoms with Gasteiger partial charge in [0.2, 0.25) is 15.9 Å². The summed E-state index contributed by atoms with van der Waals surface area (Å²) in [7, 11) is -1.61. The number of amides is 1. The molecule has 0 atom stereocenters. The molecule has 1 amide bonds. The van der Waals surface area contributed by atoms with Crippen molar-refractivity contribution in [1.82, 2.24) is 19.8 Å². The van der Waals surface area contributed by atoms with Gasteiger partial charge in [-0.15, -0.1) is 0 Å². The number of carbonyl (C=O) groups is 1. The highest BCUT2D eigenvalue weighted by atomic mass is 32.2. The molecule has 140 valence electrons. The lowest BCUT2D eigenvalue weighted by Crippen LogP contribution is -2.33. The predicted octanol–water partition coefficient (Wildman–Crippen LogP) is 1.29. The lowest BCUT2D eigenvalue weighted by molar-refractivity contribution is -0.116. The van der Waals surface area contributed by atoms with E-state index in [4.69, 9.17) is 0 Å². The van der Waals surface area contributed by atoms with Crippen LogP contribution >= 0.6 is 0 Å². The van der Waals surface area contributed by atoms with Crippen molar-refractivity contribution in [3.8, 4) is 0 Å². The summed E-state index contributed by atoms with van der Waals surface area (Å²) in [5.74, 6) is -0.518. The van der Waals surface area contributed by atoms with Crippen LogP contribution in [0.1, 0.15) is 22.5 Å². The van der Waals surface area contributed by atoms with E-state index < -0.39 is 10.0 Å². The highest BCUT2D eigenvalue weighted by molar-refractivity contribution is 7.89. The number of sulfonamides is 1. The lowest BCUT2D eigenvalue weighted by atomic mass is 10.2. The van der Waals surface area contributed by atoms with Gasteiger partial charge in [-0.2, -0.15) is 5.10 Å². The number of rotatable bonds is 8. The second kappa shape index (κ2) is 8.77. The first-order valence-corrected chi connectivity index (χ1v) is 9.91. The zero-order chi connectivity index (χ0) is 19.2. The van der Waals surface area contributed by atoms with Crippen molar-refractivity contribution >= 4 is 22.0 Å². The highest BCUT2D eigenvalue weighted by Crippen LogP contribution is 2.13. The molecule has 1 aromatic carbocycles. The first-order valence-electron chi connectivity index (χ1n) is 8.26. The molecular weight excluding hydrogens is 352 g/mol. The Labute approximate surface area is 154 Å². The van der Waals surface area contributed by atoms with Crippen LogP contribution in [0, 0.1) is 13.8 Å². The van der Waals surface area contributed by atoms with Crippen LogP contribution in [0.3, 0.4) is 0 Å². The number of hydrogen-bond donors (Lipinski definition) is 2. The third-order valence-electron chi connectivity index (χ3n) is 3.98. The first-order chi connectivity index (χ1) is 12.3. The first kappa shape index (κ1) is 19.9. The van der Waals surface area contributed by atoms with Crippen LogP contribution in [-0.2, 0) is 28.4 Å². The second-order valence-electron chi connectivity index (χ2n) is 5.96. The van der Waals surface area contributed by atoms with Crippen LogP contribution in [-0.4, -0.2) is 36.4 Å². The molecule has 2 N–H and O–H groups in total. The van der Waals surface area contributed by atoms with E-state index >= 15 is 0 Å². The van der Waals surface area contributed by atoms with Crippen LogP contribution in [0.5, 0.6) is 0 Å². The van der Waals surface area contributed by atoms with E-state index in [9.17, 15) is 13.2 Å². The Morgan fingerprint density at radius 3 is 2.54 bits per heavy atom. The largest absolute Gasteiger partial charge is 0.351 e. The molecule has 0 radical (unpaired) electrons. The molecule has 0 saturated carbocycles. The monoisotopic (exact) mass is 376 g/mol. The van der Waals surface area contributed by atoms with Gasteiger partial charge < -0.3 is 5.32 Å². The normalized spacial score (nSPS) is 11.8. The van der Waals surface area contributed by atoms with E-state index in [1.165, 1.54) is 6.08 Å². The van der Waals surface area contributed by atoms with Crippen LogP contribution in [0.15, 0.2) is 36.4 Å². The predicted molar refractivity (Wildman–Crippen MR) is 102 cm³/mol. The van der Waals surface area contributed by atoms with Crippen LogP contribution in [0.2, 0.25) is 0 Å². The maximum atomic E-state index is 12.0. The molecule has 0 bridgehead atoms. The van der Waals surface area contributed by atoms with Gasteiger partial charge in [-0.25, -0.2) is 13.1 Å². The third kappa shape index (κ3) is 5.82. The number of benzene rings is 1. The fourth-order valence-electron chi connectivity index (χ4n) is 2.42. The number of nitrogens with zero attached hydrogens (tertiary/aromatic N) is 2. The molecule has 2 aromatic rings. The molecule has 26 heavy (non-hydrogen) atoms. The Bertz CT molecular complexity index is 887. The zero-order valence-corrected chi connectivity index (χ0v) is 16.0. The Balaban J connectivity index is 1.79. The summed E-state index contributed by atoms with van der Waals surface area (Å²) < 4.78 is 28.2. The van der Waals surface area contributed by atoms with Crippen molar-refractivity contribution in [3.05, 3.63) is 58.9 Å². The molecular formula is C18H24N4O3S. The van der Waals surface area contributed by atoms with Crippen molar-refractivity contribution in [2.45, 2.75) is 20.4 Å². The van der Waals surface area contributed by atoms with E-state index in [-0.39, 0.29) is 24.7 Å². The van der Waals surface area contributed by atoms with E-state index in [0.29, 0.717) is 0 Å². The van der Waals surface area contributed by atoms with Gasteiger partial charge in [-0.1, -0.05) is 30.3 Å². The summed E-state index contributed by atoms with van der Waals surface area (Å²) in [6.45, 7) is 4.06. The number of nitrogens with one attached hydrogen (secondary N) is 2. The molecule has 0 fully saturated rings. The quantitative estimate of drug-likeness (QED) is 0.679. The molecule has 1 aromatic heterocycles. The van der Waals surface area contributed by atoms with Gasteiger partial charge in [0.25, 0.3) is 0 Å². The fourth-order valence-corrected chi connectivity index (χ4v) is 3.32. The molecule has 0 spiro atoms. The average molecular weight is 376 g/mol. The third-order valence-corrected chi connectivity index (χ3v) is 5.30. The molecule has 0 aliphatic carbocycles. The molecule has 0 aliphatic rings. The maximum absolute atomic E-state index is 12.0. The minimum absolute atomic E-state index is 0.0400. The summed E-state index contributed by atoms with van der Waals surface area (Å²) >= 11 is 0. The summed E-state index contributed by atoms with van der Waals surface area (Å²) in [6, 6.07) is 9.26. The highest BCUT2D eigenvalue weighted by Gasteiger charge is 2.10. The Morgan fingerprint density at radius 2 is 1.92 bits per heavy atom. The smallest absolute Gasteiger partial charge is 0.244 e. The SMILES string of the molecule is Cc1nn(C)c(C)c1/C=C/C(=O)NCCS(=O)(=O)NCc1ccccc1. The number of aromatic nitrogens is 2. The standard InChI is InChI=1S/C18H24N4O3S/c1-14-17(15(2)22(3)21-14)9-10-18(23)19-11-12-26(24,25)20-13-16-7-5-4-6-8-16/h4-10,20H,11-13H2,1-3H3,(H,19,23)/b10-9+. The molecule has 8 heteroatoms. The van der Waals surface area contributed by atoms with Gasteiger partial charge in [-0.3, -0.25) is 9.48 Å². The molecule has 0 saturated heterocycles. The fraction of sp³-hybridized carbons (Fsp3) is 0.333. The van der Waals surface area contributed by atoms with Gasteiger partial charge in [-0.05, 0) is 25.5 Å². The van der Waals surface area contributed by atoms with Crippen molar-refractivity contribution in [1.29, 1.82) is 0 Å². The zero-order valence-electron chi connectivity index (χ0n) is 15.2. The molecule has 7 nitrogen and oxygen atoms in total. The number of carbonyl (C=O) groups excluding carboxylic acids is 1. The van der Waals surface area contributed by atoms with E-state index in [2.05, 4.69) is 15.1 Å². The van der Waals surface area contributed by atoms with Crippen molar-refractivity contribution in [3.63, 3.8) is 0 Å². The van der Waals surface area contributed by atoms with Gasteiger partial charge in [0, 0.05) is 37.5 Å². The molecule has 0 aliphatic heterocycles. The van der Waals surface area contributed by atoms with Crippen molar-refractivity contribution in [2.24, 2.45) is 7.05 Å². The number of hydrogen-bond acceptors (Lipinski definition) is 4. The summed E-state index contributed by atoms with van der Waals surface area (Å²) in [5, 5.41) is 6.86.